The number of amides is 2. The fraction of sp³-hybridized carbons (Fsp3) is 0.211. The van der Waals surface area contributed by atoms with E-state index in [-0.39, 0.29) is 30.2 Å². The summed E-state index contributed by atoms with van der Waals surface area (Å²) in [6, 6.07) is 10.4. The molecule has 27 heavy (non-hydrogen) atoms. The van der Waals surface area contributed by atoms with E-state index >= 15 is 0 Å². The molecular weight excluding hydrogens is 354 g/mol. The number of rotatable bonds is 6. The van der Waals surface area contributed by atoms with Gasteiger partial charge in [-0.15, -0.1) is 0 Å². The van der Waals surface area contributed by atoms with Crippen LogP contribution in [0.5, 0.6) is 11.5 Å². The maximum absolute atomic E-state index is 12.2. The minimum absolute atomic E-state index is 0.102. The summed E-state index contributed by atoms with van der Waals surface area (Å²) in [5.41, 5.74) is 0.797. The molecule has 0 saturated heterocycles. The Bertz CT molecular complexity index is 874. The Morgan fingerprint density at radius 3 is 2.33 bits per heavy atom. The van der Waals surface area contributed by atoms with E-state index in [2.05, 4.69) is 0 Å². The summed E-state index contributed by atoms with van der Waals surface area (Å²) in [4.78, 5) is 37.4. The second-order valence-electron chi connectivity index (χ2n) is 5.81. The summed E-state index contributed by atoms with van der Waals surface area (Å²) < 4.78 is 9.90. The largest absolute Gasteiger partial charge is 0.504 e. The lowest BCUT2D eigenvalue weighted by atomic mass is 10.1. The fourth-order valence-electron chi connectivity index (χ4n) is 2.76. The number of phenols is 1. The molecule has 0 fully saturated rings. The predicted octanol–water partition coefficient (Wildman–Crippen LogP) is 1.27. The van der Waals surface area contributed by atoms with Gasteiger partial charge in [0.25, 0.3) is 11.8 Å². The number of aliphatic hydroxyl groups excluding tert-OH is 1. The number of aliphatic hydroxyl groups is 1. The molecule has 3 rings (SSSR count). The molecule has 0 aliphatic carbocycles. The molecule has 140 valence electrons. The van der Waals surface area contributed by atoms with Crippen molar-refractivity contribution in [2.45, 2.75) is 6.10 Å². The van der Waals surface area contributed by atoms with Gasteiger partial charge in [-0.1, -0.05) is 18.2 Å². The summed E-state index contributed by atoms with van der Waals surface area (Å²) in [6.07, 6.45) is -1.60. The van der Waals surface area contributed by atoms with Gasteiger partial charge in [-0.2, -0.15) is 0 Å². The third-order valence-corrected chi connectivity index (χ3v) is 4.18. The van der Waals surface area contributed by atoms with Crippen molar-refractivity contribution < 1.29 is 34.1 Å². The zero-order chi connectivity index (χ0) is 19.6. The van der Waals surface area contributed by atoms with Crippen molar-refractivity contribution in [1.29, 1.82) is 0 Å². The summed E-state index contributed by atoms with van der Waals surface area (Å²) >= 11 is 0. The summed E-state index contributed by atoms with van der Waals surface area (Å²) in [5, 5.41) is 19.6. The number of benzene rings is 2. The smallest absolute Gasteiger partial charge is 0.339 e. The van der Waals surface area contributed by atoms with Crippen molar-refractivity contribution >= 4 is 17.8 Å². The summed E-state index contributed by atoms with van der Waals surface area (Å²) in [5.74, 6) is -1.87. The third kappa shape index (κ3) is 3.47. The van der Waals surface area contributed by atoms with Crippen molar-refractivity contribution in [2.24, 2.45) is 0 Å². The Balaban J connectivity index is 1.59. The molecular formula is C19H17NO7. The van der Waals surface area contributed by atoms with E-state index in [0.717, 1.165) is 4.90 Å². The molecule has 0 spiro atoms. The van der Waals surface area contributed by atoms with Crippen LogP contribution >= 0.6 is 0 Å². The zero-order valence-electron chi connectivity index (χ0n) is 14.4. The van der Waals surface area contributed by atoms with E-state index in [1.165, 1.54) is 25.3 Å². The number of carbonyl (C=O) groups is 3. The second-order valence-corrected chi connectivity index (χ2v) is 5.81. The van der Waals surface area contributed by atoms with E-state index in [1.807, 2.05) is 0 Å². The van der Waals surface area contributed by atoms with Gasteiger partial charge in [0.2, 0.25) is 0 Å². The minimum atomic E-state index is -1.60. The topological polar surface area (TPSA) is 113 Å². The van der Waals surface area contributed by atoms with Crippen LogP contribution in [-0.2, 0) is 9.53 Å². The van der Waals surface area contributed by atoms with Gasteiger partial charge in [0.05, 0.1) is 24.8 Å². The highest BCUT2D eigenvalue weighted by molar-refractivity contribution is 6.21. The SMILES string of the molecule is COc1cc(C(O)C(=O)OCCN2C(=O)c3ccccc3C2=O)ccc1O. The predicted molar refractivity (Wildman–Crippen MR) is 92.4 cm³/mol. The highest BCUT2D eigenvalue weighted by Gasteiger charge is 2.35. The number of aromatic hydroxyl groups is 1. The molecule has 0 saturated carbocycles. The lowest BCUT2D eigenvalue weighted by molar-refractivity contribution is -0.154. The van der Waals surface area contributed by atoms with Crippen molar-refractivity contribution in [3.8, 4) is 11.5 Å². The average Bonchev–Trinajstić information content (AvgIpc) is 2.93. The average molecular weight is 371 g/mol. The minimum Gasteiger partial charge on any atom is -0.504 e. The molecule has 1 atom stereocenters. The Hall–Kier alpha value is -3.39. The van der Waals surface area contributed by atoms with Gasteiger partial charge in [-0.05, 0) is 29.8 Å². The van der Waals surface area contributed by atoms with E-state index < -0.39 is 23.9 Å². The standard InChI is InChI=1S/C19H17NO7/c1-26-15-10-11(6-7-14(15)21)16(22)19(25)27-9-8-20-17(23)12-4-2-3-5-13(12)18(20)24/h2-7,10,16,21-22H,8-9H2,1H3. The van der Waals surface area contributed by atoms with Gasteiger partial charge in [-0.3, -0.25) is 14.5 Å². The molecule has 0 aromatic heterocycles. The quantitative estimate of drug-likeness (QED) is 0.581. The molecule has 2 aromatic rings. The van der Waals surface area contributed by atoms with Crippen LogP contribution in [0.1, 0.15) is 32.4 Å². The number of methoxy groups -OCH3 is 1. The molecule has 1 aliphatic rings. The second kappa shape index (κ2) is 7.46. The van der Waals surface area contributed by atoms with E-state index in [1.54, 1.807) is 24.3 Å². The highest BCUT2D eigenvalue weighted by atomic mass is 16.5. The van der Waals surface area contributed by atoms with Crippen molar-refractivity contribution in [3.05, 3.63) is 59.2 Å². The van der Waals surface area contributed by atoms with Crippen molar-refractivity contribution in [2.75, 3.05) is 20.3 Å². The lowest BCUT2D eigenvalue weighted by Crippen LogP contribution is -2.34. The Morgan fingerprint density at radius 1 is 1.11 bits per heavy atom. The lowest BCUT2D eigenvalue weighted by Gasteiger charge is -2.16. The van der Waals surface area contributed by atoms with Crippen LogP contribution < -0.4 is 4.74 Å². The number of ether oxygens (including phenoxy) is 2. The number of phenolic OH excluding ortho intramolecular Hbond substituents is 1. The summed E-state index contributed by atoms with van der Waals surface area (Å²) in [7, 11) is 1.34. The van der Waals surface area contributed by atoms with Crippen molar-refractivity contribution in [3.63, 3.8) is 0 Å². The van der Waals surface area contributed by atoms with Crippen molar-refractivity contribution in [1.82, 2.24) is 4.90 Å². The molecule has 2 amide bonds. The van der Waals surface area contributed by atoms with Crippen LogP contribution in [0.3, 0.4) is 0 Å². The first kappa shape index (κ1) is 18.4. The van der Waals surface area contributed by atoms with E-state index in [9.17, 15) is 24.6 Å². The third-order valence-electron chi connectivity index (χ3n) is 4.18. The Kier molecular flexibility index (Phi) is 5.09. The van der Waals surface area contributed by atoms with Gasteiger partial charge in [0.15, 0.2) is 17.6 Å². The monoisotopic (exact) mass is 371 g/mol. The molecule has 8 nitrogen and oxygen atoms in total. The molecule has 2 N–H and O–H groups in total. The van der Waals surface area contributed by atoms with E-state index in [4.69, 9.17) is 9.47 Å². The fourth-order valence-corrected chi connectivity index (χ4v) is 2.76. The summed E-state index contributed by atoms with van der Waals surface area (Å²) in [6.45, 7) is -0.375. The number of nitrogens with zero attached hydrogens (tertiary/aromatic N) is 1. The number of esters is 1. The number of carbonyl (C=O) groups excluding carboxylic acids is 3. The van der Waals surface area contributed by atoms with E-state index in [0.29, 0.717) is 11.1 Å². The van der Waals surface area contributed by atoms with Gasteiger partial charge < -0.3 is 19.7 Å². The number of hydrogen-bond acceptors (Lipinski definition) is 7. The maximum atomic E-state index is 12.2. The van der Waals surface area contributed by atoms with Crippen LogP contribution in [0, 0.1) is 0 Å². The van der Waals surface area contributed by atoms with Crippen LogP contribution in [0.4, 0.5) is 0 Å². The highest BCUT2D eigenvalue weighted by Crippen LogP contribution is 2.29. The van der Waals surface area contributed by atoms with Gasteiger partial charge in [-0.25, -0.2) is 4.79 Å². The molecule has 0 radical (unpaired) electrons. The van der Waals surface area contributed by atoms with Crippen LogP contribution in [0.15, 0.2) is 42.5 Å². The normalized spacial score (nSPS) is 14.1. The van der Waals surface area contributed by atoms with Crippen LogP contribution in [0.2, 0.25) is 0 Å². The van der Waals surface area contributed by atoms with Crippen LogP contribution in [-0.4, -0.2) is 53.2 Å². The zero-order valence-corrected chi connectivity index (χ0v) is 14.4. The Labute approximate surface area is 154 Å². The van der Waals surface area contributed by atoms with Crippen LogP contribution in [0.25, 0.3) is 0 Å². The maximum Gasteiger partial charge on any atom is 0.339 e. The van der Waals surface area contributed by atoms with Gasteiger partial charge in [0.1, 0.15) is 6.61 Å². The van der Waals surface area contributed by atoms with Gasteiger partial charge >= 0.3 is 5.97 Å². The molecule has 0 bridgehead atoms. The molecule has 1 heterocycles. The molecule has 1 unspecified atom stereocenters. The molecule has 2 aromatic carbocycles. The molecule has 8 heteroatoms. The first-order valence-electron chi connectivity index (χ1n) is 8.11. The first-order chi connectivity index (χ1) is 12.9. The Morgan fingerprint density at radius 2 is 1.74 bits per heavy atom. The number of imide groups is 1. The van der Waals surface area contributed by atoms with Gasteiger partial charge in [0, 0.05) is 0 Å². The number of hydrogen-bond donors (Lipinski definition) is 2. The molecule has 1 aliphatic heterocycles. The first-order valence-corrected chi connectivity index (χ1v) is 8.11. The number of fused-ring (bicyclic) bond motifs is 1.